The van der Waals surface area contributed by atoms with Gasteiger partial charge < -0.3 is 9.52 Å². The summed E-state index contributed by atoms with van der Waals surface area (Å²) >= 11 is 0. The highest BCUT2D eigenvalue weighted by atomic mass is 19.3. The van der Waals surface area contributed by atoms with E-state index in [1.807, 2.05) is 0 Å². The van der Waals surface area contributed by atoms with Gasteiger partial charge in [-0.2, -0.15) is 8.78 Å². The minimum absolute atomic E-state index is 0.0514. The minimum Gasteiger partial charge on any atom is -0.504 e. The SMILES string of the molecule is CC1(C)N=C(c2cc(O)c3oc(=O)ccc3c2)c2ccccc2C1(F)F. The van der Waals surface area contributed by atoms with E-state index in [4.69, 9.17) is 4.42 Å². The minimum atomic E-state index is -3.13. The van der Waals surface area contributed by atoms with Crippen LogP contribution in [-0.2, 0) is 5.92 Å². The highest BCUT2D eigenvalue weighted by molar-refractivity contribution is 6.16. The Labute approximate surface area is 147 Å². The number of aliphatic imine (C=N–C) groups is 1. The predicted octanol–water partition coefficient (Wildman–Crippen LogP) is 4.22. The van der Waals surface area contributed by atoms with Crippen LogP contribution in [0.15, 0.2) is 62.7 Å². The first-order valence-electron chi connectivity index (χ1n) is 8.05. The Hall–Kier alpha value is -3.02. The molecule has 4 rings (SSSR count). The number of fused-ring (bicyclic) bond motifs is 2. The van der Waals surface area contributed by atoms with Gasteiger partial charge in [-0.1, -0.05) is 24.3 Å². The standard InChI is InChI=1S/C20H15F2NO3/c1-19(2)20(21,22)14-6-4-3-5-13(14)17(23-19)12-9-11-7-8-16(25)26-18(11)15(24)10-12/h3-10,24H,1-2H3. The van der Waals surface area contributed by atoms with Gasteiger partial charge in [0.15, 0.2) is 11.3 Å². The molecule has 4 nitrogen and oxygen atoms in total. The van der Waals surface area contributed by atoms with Crippen LogP contribution >= 0.6 is 0 Å². The quantitative estimate of drug-likeness (QED) is 0.665. The molecule has 3 aromatic rings. The van der Waals surface area contributed by atoms with Gasteiger partial charge in [-0.05, 0) is 32.0 Å². The van der Waals surface area contributed by atoms with E-state index in [1.54, 1.807) is 24.3 Å². The fourth-order valence-corrected chi connectivity index (χ4v) is 3.22. The van der Waals surface area contributed by atoms with Crippen molar-refractivity contribution < 1.29 is 18.3 Å². The second-order valence-electron chi connectivity index (χ2n) is 6.81. The summed E-state index contributed by atoms with van der Waals surface area (Å²) in [6.07, 6.45) is 0. The van der Waals surface area contributed by atoms with Crippen molar-refractivity contribution in [1.29, 1.82) is 0 Å². The number of alkyl halides is 2. The molecule has 0 spiro atoms. The lowest BCUT2D eigenvalue weighted by molar-refractivity contribution is -0.0681. The molecule has 0 unspecified atom stereocenters. The number of nitrogens with zero attached hydrogens (tertiary/aromatic N) is 1. The van der Waals surface area contributed by atoms with Crippen LogP contribution in [0.3, 0.4) is 0 Å². The summed E-state index contributed by atoms with van der Waals surface area (Å²) in [6.45, 7) is 2.76. The van der Waals surface area contributed by atoms with Crippen molar-refractivity contribution in [3.05, 3.63) is 75.6 Å². The number of phenols is 1. The van der Waals surface area contributed by atoms with Crippen LogP contribution in [0.5, 0.6) is 5.75 Å². The first kappa shape index (κ1) is 16.4. The Morgan fingerprint density at radius 2 is 1.81 bits per heavy atom. The van der Waals surface area contributed by atoms with Crippen LogP contribution in [0, 0.1) is 0 Å². The molecule has 132 valence electrons. The molecule has 0 bridgehead atoms. The summed E-state index contributed by atoms with van der Waals surface area (Å²) in [7, 11) is 0. The molecule has 0 fully saturated rings. The maximum absolute atomic E-state index is 14.8. The molecule has 0 amide bonds. The van der Waals surface area contributed by atoms with Crippen LogP contribution in [0.25, 0.3) is 11.0 Å². The zero-order valence-electron chi connectivity index (χ0n) is 14.1. The van der Waals surface area contributed by atoms with Crippen molar-refractivity contribution in [3.8, 4) is 5.75 Å². The second-order valence-corrected chi connectivity index (χ2v) is 6.81. The lowest BCUT2D eigenvalue weighted by Crippen LogP contribution is -2.44. The van der Waals surface area contributed by atoms with Crippen LogP contribution in [0.4, 0.5) is 8.78 Å². The third-order valence-electron chi connectivity index (χ3n) is 4.65. The van der Waals surface area contributed by atoms with Crippen molar-refractivity contribution in [2.24, 2.45) is 4.99 Å². The van der Waals surface area contributed by atoms with Gasteiger partial charge in [0.1, 0.15) is 5.54 Å². The molecule has 1 N–H and O–H groups in total. The number of halogens is 2. The molecule has 0 atom stereocenters. The first-order chi connectivity index (χ1) is 12.2. The molecule has 2 heterocycles. The summed E-state index contributed by atoms with van der Waals surface area (Å²) in [5.74, 6) is -3.37. The Morgan fingerprint density at radius 3 is 2.58 bits per heavy atom. The van der Waals surface area contributed by atoms with E-state index in [-0.39, 0.29) is 16.9 Å². The molecule has 2 aromatic carbocycles. The molecule has 6 heteroatoms. The molecule has 1 aliphatic rings. The molecular weight excluding hydrogens is 340 g/mol. The van der Waals surface area contributed by atoms with Gasteiger partial charge in [0.2, 0.25) is 0 Å². The topological polar surface area (TPSA) is 62.8 Å². The third kappa shape index (κ3) is 2.25. The largest absolute Gasteiger partial charge is 0.504 e. The summed E-state index contributed by atoms with van der Waals surface area (Å²) in [5.41, 5.74) is -1.14. The molecular formula is C20H15F2NO3. The van der Waals surface area contributed by atoms with E-state index in [0.29, 0.717) is 22.2 Å². The number of rotatable bonds is 1. The average Bonchev–Trinajstić information content (AvgIpc) is 2.59. The Bertz CT molecular complexity index is 1130. The predicted molar refractivity (Wildman–Crippen MR) is 94.2 cm³/mol. The van der Waals surface area contributed by atoms with Gasteiger partial charge in [-0.25, -0.2) is 4.79 Å². The van der Waals surface area contributed by atoms with E-state index in [0.717, 1.165) is 0 Å². The number of phenolic OH excluding ortho intramolecular Hbond substituents is 1. The first-order valence-corrected chi connectivity index (χ1v) is 8.05. The average molecular weight is 355 g/mol. The van der Waals surface area contributed by atoms with Crippen molar-refractivity contribution >= 4 is 16.7 Å². The van der Waals surface area contributed by atoms with E-state index in [2.05, 4.69) is 4.99 Å². The number of hydrogen-bond donors (Lipinski definition) is 1. The summed E-state index contributed by atoms with van der Waals surface area (Å²) < 4.78 is 34.7. The number of hydrogen-bond acceptors (Lipinski definition) is 4. The molecule has 0 saturated heterocycles. The Morgan fingerprint density at radius 1 is 1.08 bits per heavy atom. The summed E-state index contributed by atoms with van der Waals surface area (Å²) in [4.78, 5) is 15.7. The highest BCUT2D eigenvalue weighted by Crippen LogP contribution is 2.47. The van der Waals surface area contributed by atoms with E-state index < -0.39 is 17.1 Å². The molecule has 1 aliphatic heterocycles. The van der Waals surface area contributed by atoms with Crippen molar-refractivity contribution in [3.63, 3.8) is 0 Å². The molecule has 0 aliphatic carbocycles. The van der Waals surface area contributed by atoms with Crippen LogP contribution in [0.1, 0.15) is 30.5 Å². The summed E-state index contributed by atoms with van der Waals surface area (Å²) in [6, 6.07) is 12.0. The van der Waals surface area contributed by atoms with Gasteiger partial charge in [-0.3, -0.25) is 4.99 Å². The van der Waals surface area contributed by atoms with Crippen LogP contribution in [0.2, 0.25) is 0 Å². The maximum Gasteiger partial charge on any atom is 0.336 e. The molecule has 1 aromatic heterocycles. The second kappa shape index (κ2) is 5.24. The lowest BCUT2D eigenvalue weighted by Gasteiger charge is -2.37. The van der Waals surface area contributed by atoms with E-state index >= 15 is 0 Å². The molecule has 26 heavy (non-hydrogen) atoms. The fraction of sp³-hybridized carbons (Fsp3) is 0.200. The monoisotopic (exact) mass is 355 g/mol. The van der Waals surface area contributed by atoms with Gasteiger partial charge in [-0.15, -0.1) is 0 Å². The third-order valence-corrected chi connectivity index (χ3v) is 4.65. The van der Waals surface area contributed by atoms with Crippen LogP contribution in [-0.4, -0.2) is 16.4 Å². The Kier molecular flexibility index (Phi) is 3.31. The van der Waals surface area contributed by atoms with Gasteiger partial charge in [0.05, 0.1) is 5.71 Å². The molecule has 0 radical (unpaired) electrons. The maximum atomic E-state index is 14.8. The normalized spacial score (nSPS) is 17.6. The van der Waals surface area contributed by atoms with Gasteiger partial charge >= 0.3 is 5.63 Å². The van der Waals surface area contributed by atoms with Gasteiger partial charge in [0.25, 0.3) is 5.92 Å². The van der Waals surface area contributed by atoms with Crippen molar-refractivity contribution in [2.45, 2.75) is 25.3 Å². The van der Waals surface area contributed by atoms with E-state index in [1.165, 1.54) is 38.1 Å². The fourth-order valence-electron chi connectivity index (χ4n) is 3.22. The molecule has 0 saturated carbocycles. The van der Waals surface area contributed by atoms with Crippen molar-refractivity contribution in [2.75, 3.05) is 0 Å². The van der Waals surface area contributed by atoms with Gasteiger partial charge in [0, 0.05) is 28.1 Å². The zero-order valence-corrected chi connectivity index (χ0v) is 14.1. The Balaban J connectivity index is 2.01. The van der Waals surface area contributed by atoms with Crippen molar-refractivity contribution in [1.82, 2.24) is 0 Å². The highest BCUT2D eigenvalue weighted by Gasteiger charge is 2.52. The van der Waals surface area contributed by atoms with E-state index in [9.17, 15) is 18.7 Å². The smallest absolute Gasteiger partial charge is 0.336 e. The van der Waals surface area contributed by atoms with Crippen LogP contribution < -0.4 is 5.63 Å². The zero-order chi connectivity index (χ0) is 18.7. The number of benzene rings is 2. The lowest BCUT2D eigenvalue weighted by atomic mass is 9.81. The summed E-state index contributed by atoms with van der Waals surface area (Å²) in [5, 5.41) is 10.7. The number of aromatic hydroxyl groups is 1.